The summed E-state index contributed by atoms with van der Waals surface area (Å²) in [5.74, 6) is -1.70. The lowest BCUT2D eigenvalue weighted by Crippen LogP contribution is -2.35. The van der Waals surface area contributed by atoms with Gasteiger partial charge in [-0.05, 0) is 43.2 Å². The minimum Gasteiger partial charge on any atom is -0.494 e. The fraction of sp³-hybridized carbons (Fsp3) is 0.222. The summed E-state index contributed by atoms with van der Waals surface area (Å²) in [6.07, 6.45) is 0.351. The average molecular weight is 404 g/mol. The molecule has 0 saturated carbocycles. The number of hydrogen-bond acceptors (Lipinski definition) is 6. The molecule has 0 aliphatic heterocycles. The van der Waals surface area contributed by atoms with Gasteiger partial charge in [-0.15, -0.1) is 11.3 Å². The molecule has 3 rings (SSSR count). The highest BCUT2D eigenvalue weighted by atomic mass is 32.1. The molecule has 0 amide bonds. The Kier molecular flexibility index (Phi) is 5.32. The van der Waals surface area contributed by atoms with Crippen molar-refractivity contribution >= 4 is 33.5 Å². The Morgan fingerprint density at radius 1 is 1.14 bits per heavy atom. The molecule has 0 aliphatic carbocycles. The zero-order chi connectivity index (χ0) is 20.4. The van der Waals surface area contributed by atoms with E-state index in [2.05, 4.69) is 4.98 Å². The normalized spacial score (nSPS) is 10.9. The standard InChI is InChI=1S/C18H16N2O7S/c1-9-12-14(28-13(9)17(24)25)19-18(26)20(15(12)21)7-2-8-27-11-5-3-10(4-6-11)16(22)23/h3-6H,2,7-8H2,1H3,(H,19,26)(H,22,23)(H,24,25). The van der Waals surface area contributed by atoms with Crippen LogP contribution in [-0.4, -0.2) is 38.3 Å². The van der Waals surface area contributed by atoms with E-state index in [1.165, 1.54) is 31.2 Å². The number of carbonyl (C=O) groups is 2. The predicted octanol–water partition coefficient (Wildman–Crippen LogP) is 1.93. The fourth-order valence-corrected chi connectivity index (χ4v) is 3.79. The smallest absolute Gasteiger partial charge is 0.346 e. The van der Waals surface area contributed by atoms with Gasteiger partial charge >= 0.3 is 17.6 Å². The number of H-pyrrole nitrogens is 1. The molecule has 3 N–H and O–H groups in total. The van der Waals surface area contributed by atoms with Gasteiger partial charge < -0.3 is 14.9 Å². The van der Waals surface area contributed by atoms with Crippen molar-refractivity contribution in [1.82, 2.24) is 9.55 Å². The van der Waals surface area contributed by atoms with Crippen LogP contribution in [0, 0.1) is 6.92 Å². The average Bonchev–Trinajstić information content (AvgIpc) is 2.98. The van der Waals surface area contributed by atoms with Gasteiger partial charge in [0.15, 0.2) is 0 Å². The Morgan fingerprint density at radius 2 is 1.82 bits per heavy atom. The third-order valence-electron chi connectivity index (χ3n) is 4.16. The quantitative estimate of drug-likeness (QED) is 0.511. The first-order chi connectivity index (χ1) is 13.3. The molecule has 0 spiro atoms. The van der Waals surface area contributed by atoms with E-state index in [9.17, 15) is 24.3 Å². The van der Waals surface area contributed by atoms with Crippen LogP contribution in [0.3, 0.4) is 0 Å². The minimum absolute atomic E-state index is 0.0219. The number of ether oxygens (including phenoxy) is 1. The Bertz CT molecular complexity index is 1170. The van der Waals surface area contributed by atoms with Gasteiger partial charge in [-0.2, -0.15) is 0 Å². The third-order valence-corrected chi connectivity index (χ3v) is 5.36. The molecule has 9 nitrogen and oxygen atoms in total. The number of nitrogens with one attached hydrogen (secondary N) is 1. The molecule has 10 heteroatoms. The SMILES string of the molecule is Cc1c(C(=O)O)sc2[nH]c(=O)n(CCCOc3ccc(C(=O)O)cc3)c(=O)c12. The lowest BCUT2D eigenvalue weighted by Gasteiger charge is -2.08. The first-order valence-electron chi connectivity index (χ1n) is 8.25. The van der Waals surface area contributed by atoms with Crippen LogP contribution in [0.5, 0.6) is 5.75 Å². The number of hydrogen-bond donors (Lipinski definition) is 3. The Labute approximate surface area is 161 Å². The van der Waals surface area contributed by atoms with Crippen molar-refractivity contribution in [3.05, 3.63) is 61.1 Å². The van der Waals surface area contributed by atoms with Crippen LogP contribution < -0.4 is 16.0 Å². The summed E-state index contributed by atoms with van der Waals surface area (Å²) in [4.78, 5) is 49.7. The van der Waals surface area contributed by atoms with Crippen molar-refractivity contribution in [3.63, 3.8) is 0 Å². The van der Waals surface area contributed by atoms with Gasteiger partial charge in [0.05, 0.1) is 17.6 Å². The Morgan fingerprint density at radius 3 is 2.43 bits per heavy atom. The monoisotopic (exact) mass is 404 g/mol. The lowest BCUT2D eigenvalue weighted by molar-refractivity contribution is 0.0688. The Balaban J connectivity index is 1.73. The van der Waals surface area contributed by atoms with E-state index in [1.807, 2.05) is 0 Å². The number of aromatic carboxylic acids is 2. The summed E-state index contributed by atoms with van der Waals surface area (Å²) in [6.45, 7) is 1.84. The molecule has 0 saturated heterocycles. The zero-order valence-electron chi connectivity index (χ0n) is 14.7. The van der Waals surface area contributed by atoms with Gasteiger partial charge in [0.1, 0.15) is 15.5 Å². The van der Waals surface area contributed by atoms with Crippen molar-refractivity contribution in [2.75, 3.05) is 6.61 Å². The van der Waals surface area contributed by atoms with E-state index >= 15 is 0 Å². The molecule has 2 heterocycles. The van der Waals surface area contributed by atoms with Crippen molar-refractivity contribution in [2.45, 2.75) is 19.9 Å². The van der Waals surface area contributed by atoms with Gasteiger partial charge in [0.25, 0.3) is 5.56 Å². The third kappa shape index (κ3) is 3.67. The van der Waals surface area contributed by atoms with Gasteiger partial charge in [-0.1, -0.05) is 0 Å². The molecule has 146 valence electrons. The number of fused-ring (bicyclic) bond motifs is 1. The van der Waals surface area contributed by atoms with Crippen molar-refractivity contribution in [3.8, 4) is 5.75 Å². The van der Waals surface area contributed by atoms with E-state index in [0.717, 1.165) is 15.9 Å². The molecule has 28 heavy (non-hydrogen) atoms. The maximum atomic E-state index is 12.6. The second-order valence-electron chi connectivity index (χ2n) is 5.98. The van der Waals surface area contributed by atoms with Crippen molar-refractivity contribution in [2.24, 2.45) is 0 Å². The van der Waals surface area contributed by atoms with Crippen LogP contribution in [0.2, 0.25) is 0 Å². The number of aromatic nitrogens is 2. The highest BCUT2D eigenvalue weighted by Gasteiger charge is 2.19. The molecule has 0 atom stereocenters. The molecule has 2 aromatic heterocycles. The van der Waals surface area contributed by atoms with Gasteiger partial charge in [-0.3, -0.25) is 14.3 Å². The number of nitrogens with zero attached hydrogens (tertiary/aromatic N) is 1. The zero-order valence-corrected chi connectivity index (χ0v) is 15.5. The first-order valence-corrected chi connectivity index (χ1v) is 9.07. The number of thiophene rings is 1. The molecule has 0 fully saturated rings. The Hall–Kier alpha value is -3.40. The maximum Gasteiger partial charge on any atom is 0.346 e. The van der Waals surface area contributed by atoms with E-state index in [4.69, 9.17) is 9.84 Å². The van der Waals surface area contributed by atoms with E-state index < -0.39 is 23.2 Å². The summed E-state index contributed by atoms with van der Waals surface area (Å²) >= 11 is 0.863. The van der Waals surface area contributed by atoms with Crippen LogP contribution in [-0.2, 0) is 6.54 Å². The second-order valence-corrected chi connectivity index (χ2v) is 7.00. The van der Waals surface area contributed by atoms with Gasteiger partial charge in [0.2, 0.25) is 0 Å². The molecular formula is C18H16N2O7S. The van der Waals surface area contributed by atoms with Crippen LogP contribution in [0.4, 0.5) is 0 Å². The highest BCUT2D eigenvalue weighted by molar-refractivity contribution is 7.20. The summed E-state index contributed by atoms with van der Waals surface area (Å²) < 4.78 is 6.51. The minimum atomic E-state index is -1.15. The molecule has 0 radical (unpaired) electrons. The van der Waals surface area contributed by atoms with Crippen LogP contribution >= 0.6 is 11.3 Å². The van der Waals surface area contributed by atoms with E-state index in [1.54, 1.807) is 0 Å². The van der Waals surface area contributed by atoms with E-state index in [0.29, 0.717) is 17.7 Å². The summed E-state index contributed by atoms with van der Waals surface area (Å²) in [6, 6.07) is 5.88. The maximum absolute atomic E-state index is 12.6. The molecule has 1 aromatic carbocycles. The number of aryl methyl sites for hydroxylation is 1. The summed E-state index contributed by atoms with van der Waals surface area (Å²) in [5.41, 5.74) is -0.671. The number of benzene rings is 1. The van der Waals surface area contributed by atoms with Crippen molar-refractivity contribution in [1.29, 1.82) is 0 Å². The predicted molar refractivity (Wildman–Crippen MR) is 102 cm³/mol. The van der Waals surface area contributed by atoms with Crippen LogP contribution in [0.1, 0.15) is 32.0 Å². The van der Waals surface area contributed by atoms with Crippen LogP contribution in [0.25, 0.3) is 10.2 Å². The number of aromatic amines is 1. The van der Waals surface area contributed by atoms with Crippen LogP contribution in [0.15, 0.2) is 33.9 Å². The number of rotatable bonds is 7. The number of carboxylic acids is 2. The molecule has 0 aliphatic rings. The lowest BCUT2D eigenvalue weighted by atomic mass is 10.2. The molecule has 3 aromatic rings. The van der Waals surface area contributed by atoms with Gasteiger partial charge in [-0.25, -0.2) is 14.4 Å². The number of carboxylic acid groups (broad SMARTS) is 2. The first kappa shape index (κ1) is 19.4. The van der Waals surface area contributed by atoms with Gasteiger partial charge in [0, 0.05) is 6.54 Å². The summed E-state index contributed by atoms with van der Waals surface area (Å²) in [5, 5.41) is 18.2. The molecular weight excluding hydrogens is 388 g/mol. The summed E-state index contributed by atoms with van der Waals surface area (Å²) in [7, 11) is 0. The molecule has 0 unspecified atom stereocenters. The molecule has 0 bridgehead atoms. The largest absolute Gasteiger partial charge is 0.494 e. The van der Waals surface area contributed by atoms with Crippen molar-refractivity contribution < 1.29 is 24.5 Å². The second kappa shape index (κ2) is 7.69. The fourth-order valence-electron chi connectivity index (χ4n) is 2.76. The topological polar surface area (TPSA) is 139 Å². The highest BCUT2D eigenvalue weighted by Crippen LogP contribution is 2.26. The van der Waals surface area contributed by atoms with E-state index in [-0.39, 0.29) is 33.8 Å².